The number of hydrogen-bond acceptors (Lipinski definition) is 2. The number of fused-ring (bicyclic) bond motifs is 3. The average Bonchev–Trinajstić information content (AvgIpc) is 3.36. The van der Waals surface area contributed by atoms with Crippen molar-refractivity contribution in [2.75, 3.05) is 0 Å². The van der Waals surface area contributed by atoms with E-state index in [2.05, 4.69) is 91.6 Å². The van der Waals surface area contributed by atoms with Gasteiger partial charge in [-0.15, -0.1) is 0 Å². The minimum atomic E-state index is -1.51. The molecule has 6 rings (SSSR count). The molecule has 4 aromatic carbocycles. The van der Waals surface area contributed by atoms with Crippen molar-refractivity contribution in [2.45, 2.75) is 46.4 Å². The third-order valence-electron chi connectivity index (χ3n) is 7.47. The fourth-order valence-electron chi connectivity index (χ4n) is 5.47. The summed E-state index contributed by atoms with van der Waals surface area (Å²) in [5, 5.41) is 2.09. The molecular weight excluding hydrogens is 474 g/mol. The van der Waals surface area contributed by atoms with Crippen molar-refractivity contribution in [3.8, 4) is 22.4 Å². The second kappa shape index (κ2) is 9.54. The Hall–Kier alpha value is -4.17. The second-order valence-electron chi connectivity index (χ2n) is 11.8. The van der Waals surface area contributed by atoms with Crippen LogP contribution in [0.2, 0.25) is 0 Å². The summed E-state index contributed by atoms with van der Waals surface area (Å²) in [6.07, 6.45) is 0.184. The highest BCUT2D eigenvalue weighted by Gasteiger charge is 2.28. The Kier molecular flexibility index (Phi) is 5.57. The Balaban J connectivity index is 1.46. The summed E-state index contributed by atoms with van der Waals surface area (Å²) in [6, 6.07) is 35.4. The smallest absolute Gasteiger partial charge is 0.144 e. The van der Waals surface area contributed by atoms with Crippen molar-refractivity contribution in [2.24, 2.45) is 5.41 Å². The van der Waals surface area contributed by atoms with Crippen LogP contribution in [0.1, 0.15) is 54.1 Å². The monoisotopic (exact) mass is 511 g/mol. The Morgan fingerprint density at radius 2 is 1.36 bits per heavy atom. The number of pyridine rings is 1. The molecule has 0 spiro atoms. The highest BCUT2D eigenvalue weighted by molar-refractivity contribution is 6.10. The Morgan fingerprint density at radius 1 is 0.692 bits per heavy atom. The van der Waals surface area contributed by atoms with Crippen LogP contribution in [0.4, 0.5) is 0 Å². The fraction of sp³-hybridized carbons (Fsp3) is 0.216. The summed E-state index contributed by atoms with van der Waals surface area (Å²) in [4.78, 5) is 4.65. The Morgan fingerprint density at radius 3 is 2.08 bits per heavy atom. The van der Waals surface area contributed by atoms with Crippen LogP contribution in [-0.4, -0.2) is 4.98 Å². The van der Waals surface area contributed by atoms with Gasteiger partial charge in [0.2, 0.25) is 0 Å². The lowest BCUT2D eigenvalue weighted by Gasteiger charge is -2.26. The van der Waals surface area contributed by atoms with E-state index in [0.717, 1.165) is 33.1 Å². The van der Waals surface area contributed by atoms with Gasteiger partial charge in [-0.25, -0.2) is 0 Å². The van der Waals surface area contributed by atoms with Gasteiger partial charge < -0.3 is 4.42 Å². The van der Waals surface area contributed by atoms with Gasteiger partial charge >= 0.3 is 0 Å². The van der Waals surface area contributed by atoms with Crippen molar-refractivity contribution >= 4 is 21.9 Å². The minimum Gasteiger partial charge on any atom is -0.455 e. The molecule has 0 radical (unpaired) electrons. The van der Waals surface area contributed by atoms with Gasteiger partial charge in [0, 0.05) is 36.3 Å². The maximum Gasteiger partial charge on any atom is 0.144 e. The molecule has 0 amide bonds. The quantitative estimate of drug-likeness (QED) is 0.230. The van der Waals surface area contributed by atoms with Crippen molar-refractivity contribution in [1.82, 2.24) is 4.98 Å². The molecular formula is C37H35NO. The third-order valence-corrected chi connectivity index (χ3v) is 7.47. The van der Waals surface area contributed by atoms with Gasteiger partial charge in [-0.1, -0.05) is 120 Å². The van der Waals surface area contributed by atoms with Crippen LogP contribution in [0.15, 0.2) is 114 Å². The Labute approximate surface area is 234 Å². The molecule has 2 nitrogen and oxygen atoms in total. The van der Waals surface area contributed by atoms with Crippen LogP contribution in [0.25, 0.3) is 44.3 Å². The van der Waals surface area contributed by atoms with Crippen LogP contribution in [0.3, 0.4) is 0 Å². The molecule has 39 heavy (non-hydrogen) atoms. The predicted octanol–water partition coefficient (Wildman–Crippen LogP) is 10.2. The van der Waals surface area contributed by atoms with E-state index in [1.165, 1.54) is 16.7 Å². The van der Waals surface area contributed by atoms with Crippen LogP contribution < -0.4 is 0 Å². The first-order valence-electron chi connectivity index (χ1n) is 14.6. The van der Waals surface area contributed by atoms with Gasteiger partial charge in [0.25, 0.3) is 0 Å². The highest BCUT2D eigenvalue weighted by Crippen LogP contribution is 2.42. The first kappa shape index (κ1) is 22.8. The van der Waals surface area contributed by atoms with Gasteiger partial charge in [0.05, 0.1) is 5.69 Å². The van der Waals surface area contributed by atoms with Gasteiger partial charge in [0.1, 0.15) is 11.2 Å². The number of aromatic nitrogens is 1. The molecule has 0 bridgehead atoms. The van der Waals surface area contributed by atoms with E-state index in [0.29, 0.717) is 11.3 Å². The highest BCUT2D eigenvalue weighted by atomic mass is 16.3. The lowest BCUT2D eigenvalue weighted by Crippen LogP contribution is -2.19. The number of nitrogens with zero attached hydrogens (tertiary/aromatic N) is 1. The van der Waals surface area contributed by atoms with E-state index in [1.54, 1.807) is 12.3 Å². The summed E-state index contributed by atoms with van der Waals surface area (Å²) < 4.78 is 24.3. The summed E-state index contributed by atoms with van der Waals surface area (Å²) in [7, 11) is 0. The number of para-hydroxylation sites is 2. The molecule has 6 aromatic rings. The van der Waals surface area contributed by atoms with Gasteiger partial charge in [-0.2, -0.15) is 0 Å². The van der Waals surface area contributed by atoms with E-state index in [9.17, 15) is 0 Å². The summed E-state index contributed by atoms with van der Waals surface area (Å²) in [5.74, 6) is 0. The normalized spacial score (nSPS) is 13.5. The SMILES string of the molecule is [2H]C([2H])(c1ccnc(-c2cccc3c2oc2c(C(C)(C)c4ccc(-c5ccccc5)cc4)cccc23)c1)C(C)(C)C. The number of benzene rings is 4. The van der Waals surface area contributed by atoms with Crippen molar-refractivity contribution < 1.29 is 7.16 Å². The zero-order chi connectivity index (χ0) is 29.0. The molecule has 194 valence electrons. The number of rotatable bonds is 5. The first-order valence-corrected chi connectivity index (χ1v) is 13.6. The predicted molar refractivity (Wildman–Crippen MR) is 164 cm³/mol. The molecule has 0 aliphatic rings. The maximum atomic E-state index is 8.78. The molecule has 0 saturated carbocycles. The van der Waals surface area contributed by atoms with Crippen molar-refractivity contribution in [3.63, 3.8) is 0 Å². The molecule has 2 heteroatoms. The maximum absolute atomic E-state index is 8.78. The lowest BCUT2D eigenvalue weighted by molar-refractivity contribution is 0.411. The van der Waals surface area contributed by atoms with Crippen LogP contribution in [-0.2, 0) is 11.8 Å². The average molecular weight is 512 g/mol. The van der Waals surface area contributed by atoms with Gasteiger partial charge in [-0.05, 0) is 52.2 Å². The van der Waals surface area contributed by atoms with Gasteiger partial charge in [-0.3, -0.25) is 4.98 Å². The molecule has 0 unspecified atom stereocenters. The molecule has 0 aliphatic carbocycles. The van der Waals surface area contributed by atoms with Crippen LogP contribution in [0, 0.1) is 5.41 Å². The van der Waals surface area contributed by atoms with Gasteiger partial charge in [0.15, 0.2) is 0 Å². The van der Waals surface area contributed by atoms with Crippen molar-refractivity contribution in [1.29, 1.82) is 0 Å². The molecule has 2 heterocycles. The number of hydrogen-bond donors (Lipinski definition) is 0. The van der Waals surface area contributed by atoms with E-state index in [1.807, 2.05) is 45.0 Å². The molecule has 2 aromatic heterocycles. The minimum absolute atomic E-state index is 0.302. The van der Waals surface area contributed by atoms with E-state index < -0.39 is 11.8 Å². The molecule has 0 aliphatic heterocycles. The first-order chi connectivity index (χ1) is 19.5. The van der Waals surface area contributed by atoms with Crippen LogP contribution in [0.5, 0.6) is 0 Å². The molecule has 0 atom stereocenters. The number of furan rings is 1. The fourth-order valence-corrected chi connectivity index (χ4v) is 5.47. The molecule has 0 saturated heterocycles. The second-order valence-corrected chi connectivity index (χ2v) is 11.8. The zero-order valence-electron chi connectivity index (χ0n) is 25.2. The molecule has 0 fully saturated rings. The van der Waals surface area contributed by atoms with E-state index in [4.69, 9.17) is 7.16 Å². The molecule has 0 N–H and O–H groups in total. The van der Waals surface area contributed by atoms with E-state index in [-0.39, 0.29) is 5.41 Å². The summed E-state index contributed by atoms with van der Waals surface area (Å²) in [6.45, 7) is 10.3. The topological polar surface area (TPSA) is 26.0 Å². The summed E-state index contributed by atoms with van der Waals surface area (Å²) in [5.41, 5.74) is 7.70. The standard InChI is InChI=1S/C37H35NO/c1-36(2,3)24-25-21-22-38-33(23-25)31-15-9-13-29-30-14-10-16-32(35(30)39-34(29)31)37(4,5)28-19-17-27(18-20-28)26-11-7-6-8-12-26/h6-23H,24H2,1-5H3/i24D2. The van der Waals surface area contributed by atoms with Crippen molar-refractivity contribution in [3.05, 3.63) is 126 Å². The third kappa shape index (κ3) is 4.76. The lowest BCUT2D eigenvalue weighted by atomic mass is 9.77. The summed E-state index contributed by atoms with van der Waals surface area (Å²) >= 11 is 0. The van der Waals surface area contributed by atoms with Crippen LogP contribution >= 0.6 is 0 Å². The zero-order valence-corrected chi connectivity index (χ0v) is 23.2. The Bertz CT molecular complexity index is 1860. The largest absolute Gasteiger partial charge is 0.455 e. The van der Waals surface area contributed by atoms with E-state index >= 15 is 0 Å².